The van der Waals surface area contributed by atoms with Crippen molar-refractivity contribution in [3.8, 4) is 5.88 Å². The Labute approximate surface area is 226 Å². The van der Waals surface area contributed by atoms with Crippen LogP contribution in [0.1, 0.15) is 47.7 Å². The molecule has 9 nitrogen and oxygen atoms in total. The molecule has 1 unspecified atom stereocenters. The number of hydrogen-bond acceptors (Lipinski definition) is 8. The Kier molecular flexibility index (Phi) is 7.67. The van der Waals surface area contributed by atoms with Crippen molar-refractivity contribution in [2.45, 2.75) is 57.1 Å². The molecule has 38 heavy (non-hydrogen) atoms. The van der Waals surface area contributed by atoms with E-state index in [1.165, 1.54) is 0 Å². The minimum atomic E-state index is -1.42. The van der Waals surface area contributed by atoms with Crippen LogP contribution in [0.15, 0.2) is 47.6 Å². The molecule has 3 aromatic rings. The van der Waals surface area contributed by atoms with E-state index in [2.05, 4.69) is 17.1 Å². The van der Waals surface area contributed by atoms with Crippen molar-refractivity contribution in [3.63, 3.8) is 0 Å². The Morgan fingerprint density at radius 3 is 2.71 bits per heavy atom. The van der Waals surface area contributed by atoms with Gasteiger partial charge in [0.25, 0.3) is 0 Å². The summed E-state index contributed by atoms with van der Waals surface area (Å²) in [4.78, 5) is 9.72. The van der Waals surface area contributed by atoms with E-state index in [1.807, 2.05) is 43.4 Å². The monoisotopic (exact) mass is 536 g/mol. The molecule has 2 aromatic heterocycles. The SMILES string of the molecule is CCN(N)c1ccc(Cc2cnc(C)c(CN3CC4(CCOCC4)Oc4ncccc4S3=O)c2)c(C)c1N. The number of ether oxygens (including phenoxy) is 2. The largest absolute Gasteiger partial charge is 0.469 e. The van der Waals surface area contributed by atoms with Gasteiger partial charge in [-0.3, -0.25) is 4.98 Å². The first-order valence-electron chi connectivity index (χ1n) is 13.0. The normalized spacial score (nSPS) is 19.0. The van der Waals surface area contributed by atoms with Crippen LogP contribution in [0.2, 0.25) is 0 Å². The molecule has 2 aliphatic rings. The predicted octanol–water partition coefficient (Wildman–Crippen LogP) is 3.43. The summed E-state index contributed by atoms with van der Waals surface area (Å²) in [6.07, 6.45) is 5.73. The second-order valence-corrected chi connectivity index (χ2v) is 11.5. The summed E-state index contributed by atoms with van der Waals surface area (Å²) >= 11 is 0. The van der Waals surface area contributed by atoms with Crippen molar-refractivity contribution < 1.29 is 13.7 Å². The first-order chi connectivity index (χ1) is 18.3. The quantitative estimate of drug-likeness (QED) is 0.279. The van der Waals surface area contributed by atoms with Crippen LogP contribution in [0, 0.1) is 13.8 Å². The van der Waals surface area contributed by atoms with Crippen LogP contribution in [-0.2, 0) is 28.7 Å². The number of nitrogens with two attached hydrogens (primary N) is 2. The molecule has 0 bridgehead atoms. The number of fused-ring (bicyclic) bond motifs is 1. The molecule has 4 heterocycles. The summed E-state index contributed by atoms with van der Waals surface area (Å²) in [7, 11) is -1.42. The molecule has 1 atom stereocenters. The molecule has 0 aliphatic carbocycles. The molecule has 10 heteroatoms. The van der Waals surface area contributed by atoms with E-state index in [4.69, 9.17) is 26.0 Å². The number of aryl methyl sites for hydroxylation is 1. The smallest absolute Gasteiger partial charge is 0.231 e. The fraction of sp³-hybridized carbons (Fsp3) is 0.429. The van der Waals surface area contributed by atoms with Gasteiger partial charge in [0.2, 0.25) is 5.88 Å². The lowest BCUT2D eigenvalue weighted by molar-refractivity contribution is -0.0552. The molecule has 1 aromatic carbocycles. The summed E-state index contributed by atoms with van der Waals surface area (Å²) in [5, 5.41) is 1.65. The van der Waals surface area contributed by atoms with E-state index < -0.39 is 16.6 Å². The number of nitrogen functional groups attached to an aromatic ring is 1. The van der Waals surface area contributed by atoms with Gasteiger partial charge in [0.15, 0.2) is 0 Å². The second-order valence-electron chi connectivity index (χ2n) is 10.1. The van der Waals surface area contributed by atoms with Gasteiger partial charge in [-0.15, -0.1) is 0 Å². The standard InChI is InChI=1S/C28H36N6O3S/c1-4-34(30)24-8-7-22(19(2)26(24)29)14-21-15-23(20(3)32-16-21)17-33-18-28(9-12-36-13-10-28)37-27-25(38(33)35)6-5-11-31-27/h5-8,11,15-16H,4,9-10,12-14,17-18,29-30H2,1-3H3. The molecule has 2 aliphatic heterocycles. The predicted molar refractivity (Wildman–Crippen MR) is 149 cm³/mol. The number of hydrogen-bond donors (Lipinski definition) is 2. The van der Waals surface area contributed by atoms with E-state index in [-0.39, 0.29) is 0 Å². The molecular weight excluding hydrogens is 500 g/mol. The van der Waals surface area contributed by atoms with E-state index in [0.717, 1.165) is 46.5 Å². The zero-order valence-corrected chi connectivity index (χ0v) is 23.1. The van der Waals surface area contributed by atoms with Crippen LogP contribution in [0.5, 0.6) is 5.88 Å². The third kappa shape index (κ3) is 5.26. The topological polar surface area (TPSA) is 120 Å². The van der Waals surface area contributed by atoms with Gasteiger partial charge in [-0.25, -0.2) is 19.3 Å². The van der Waals surface area contributed by atoms with Crippen molar-refractivity contribution in [1.29, 1.82) is 0 Å². The van der Waals surface area contributed by atoms with E-state index in [0.29, 0.717) is 55.7 Å². The van der Waals surface area contributed by atoms with Gasteiger partial charge in [0.1, 0.15) is 21.5 Å². The highest BCUT2D eigenvalue weighted by molar-refractivity contribution is 7.82. The average Bonchev–Trinajstić information content (AvgIpc) is 3.03. The number of anilines is 2. The lowest BCUT2D eigenvalue weighted by Crippen LogP contribution is -2.49. The van der Waals surface area contributed by atoms with E-state index in [9.17, 15) is 4.21 Å². The Balaban J connectivity index is 1.43. The van der Waals surface area contributed by atoms with Gasteiger partial charge < -0.3 is 20.2 Å². The molecule has 1 spiro atoms. The number of hydrazine groups is 1. The lowest BCUT2D eigenvalue weighted by atomic mass is 9.93. The van der Waals surface area contributed by atoms with Gasteiger partial charge in [-0.05, 0) is 67.6 Å². The van der Waals surface area contributed by atoms with Gasteiger partial charge in [0.05, 0.1) is 31.1 Å². The molecule has 0 amide bonds. The third-order valence-corrected chi connectivity index (χ3v) is 9.00. The van der Waals surface area contributed by atoms with Crippen LogP contribution in [-0.4, -0.2) is 50.4 Å². The van der Waals surface area contributed by atoms with Gasteiger partial charge in [-0.1, -0.05) is 12.1 Å². The highest BCUT2D eigenvalue weighted by Gasteiger charge is 2.42. The summed E-state index contributed by atoms with van der Waals surface area (Å²) < 4.78 is 27.8. The maximum atomic E-state index is 13.8. The van der Waals surface area contributed by atoms with Gasteiger partial charge in [0, 0.05) is 44.0 Å². The molecular formula is C28H36N6O3S. The van der Waals surface area contributed by atoms with Crippen LogP contribution in [0.3, 0.4) is 0 Å². The molecule has 1 fully saturated rings. The van der Waals surface area contributed by atoms with E-state index >= 15 is 0 Å². The molecule has 1 saturated heterocycles. The highest BCUT2D eigenvalue weighted by atomic mass is 32.2. The first kappa shape index (κ1) is 26.6. The Morgan fingerprint density at radius 1 is 1.16 bits per heavy atom. The second kappa shape index (κ2) is 11.0. The number of pyridine rings is 2. The minimum absolute atomic E-state index is 0.453. The highest BCUT2D eigenvalue weighted by Crippen LogP contribution is 2.36. The van der Waals surface area contributed by atoms with Crippen LogP contribution < -0.4 is 21.3 Å². The first-order valence-corrected chi connectivity index (χ1v) is 14.1. The lowest BCUT2D eigenvalue weighted by Gasteiger charge is -2.38. The zero-order valence-electron chi connectivity index (χ0n) is 22.3. The fourth-order valence-electron chi connectivity index (χ4n) is 5.13. The summed E-state index contributed by atoms with van der Waals surface area (Å²) in [5.41, 5.74) is 12.6. The summed E-state index contributed by atoms with van der Waals surface area (Å²) in [5.74, 6) is 6.54. The number of benzene rings is 1. The summed E-state index contributed by atoms with van der Waals surface area (Å²) in [6.45, 7) is 8.91. The third-order valence-electron chi connectivity index (χ3n) is 7.58. The number of rotatable bonds is 6. The summed E-state index contributed by atoms with van der Waals surface area (Å²) in [6, 6.07) is 9.86. The molecule has 4 N–H and O–H groups in total. The van der Waals surface area contributed by atoms with Crippen molar-refractivity contribution in [2.75, 3.05) is 37.0 Å². The fourth-order valence-corrected chi connectivity index (χ4v) is 6.45. The van der Waals surface area contributed by atoms with Crippen molar-refractivity contribution in [3.05, 3.63) is 70.7 Å². The van der Waals surface area contributed by atoms with Crippen LogP contribution in [0.4, 0.5) is 11.4 Å². The Morgan fingerprint density at radius 2 is 1.95 bits per heavy atom. The van der Waals surface area contributed by atoms with Crippen LogP contribution >= 0.6 is 0 Å². The van der Waals surface area contributed by atoms with Crippen LogP contribution in [0.25, 0.3) is 0 Å². The number of nitrogens with zero attached hydrogens (tertiary/aromatic N) is 4. The van der Waals surface area contributed by atoms with Crippen molar-refractivity contribution in [2.24, 2.45) is 5.84 Å². The minimum Gasteiger partial charge on any atom is -0.469 e. The van der Waals surface area contributed by atoms with Crippen molar-refractivity contribution >= 4 is 22.4 Å². The molecule has 202 valence electrons. The van der Waals surface area contributed by atoms with Gasteiger partial charge >= 0.3 is 0 Å². The number of aromatic nitrogens is 2. The molecule has 0 radical (unpaired) electrons. The zero-order chi connectivity index (χ0) is 26.9. The maximum Gasteiger partial charge on any atom is 0.231 e. The average molecular weight is 537 g/mol. The van der Waals surface area contributed by atoms with Gasteiger partial charge in [-0.2, -0.15) is 0 Å². The maximum absolute atomic E-state index is 13.8. The Hall–Kier alpha value is -3.05. The Bertz CT molecular complexity index is 1340. The van der Waals surface area contributed by atoms with E-state index in [1.54, 1.807) is 17.3 Å². The molecule has 5 rings (SSSR count). The van der Waals surface area contributed by atoms with Crippen molar-refractivity contribution in [1.82, 2.24) is 14.3 Å². The molecule has 0 saturated carbocycles.